The summed E-state index contributed by atoms with van der Waals surface area (Å²) >= 11 is 4.54. The Morgan fingerprint density at radius 3 is 2.88 bits per heavy atom. The van der Waals surface area contributed by atoms with E-state index < -0.39 is 11.1 Å². The van der Waals surface area contributed by atoms with Crippen molar-refractivity contribution in [2.24, 2.45) is 0 Å². The fourth-order valence-electron chi connectivity index (χ4n) is 2.36. The molecule has 1 aliphatic rings. The minimum absolute atomic E-state index is 0.172. The maximum atomic E-state index is 13.8. The topological polar surface area (TPSA) is 59.8 Å². The van der Waals surface area contributed by atoms with Crippen molar-refractivity contribution in [2.75, 3.05) is 5.32 Å². The first-order chi connectivity index (χ1) is 11.5. The molecule has 8 heteroatoms. The van der Waals surface area contributed by atoms with Gasteiger partial charge in [0.25, 0.3) is 0 Å². The largest absolute Gasteiger partial charge is 0.323 e. The highest BCUT2D eigenvalue weighted by Crippen LogP contribution is 2.40. The minimum Gasteiger partial charge on any atom is -0.323 e. The average molecular weight is 413 g/mol. The number of hydrogen-bond donors (Lipinski definition) is 1. The van der Waals surface area contributed by atoms with Gasteiger partial charge in [-0.25, -0.2) is 4.39 Å². The van der Waals surface area contributed by atoms with Crippen molar-refractivity contribution in [3.8, 4) is 0 Å². The molecule has 1 heterocycles. The Hall–Kier alpha value is -1.41. The zero-order valence-electron chi connectivity index (χ0n) is 13.4. The Morgan fingerprint density at radius 2 is 2.25 bits per heavy atom. The first kappa shape index (κ1) is 17.4. The van der Waals surface area contributed by atoms with Crippen LogP contribution in [-0.2, 0) is 11.3 Å². The van der Waals surface area contributed by atoms with E-state index in [4.69, 9.17) is 0 Å². The quantitative estimate of drug-likeness (QED) is 0.722. The van der Waals surface area contributed by atoms with Gasteiger partial charge in [-0.05, 0) is 44.9 Å². The van der Waals surface area contributed by atoms with E-state index in [1.54, 1.807) is 13.0 Å². The number of nitrogens with one attached hydrogen (secondary N) is 1. The highest BCUT2D eigenvalue weighted by molar-refractivity contribution is 9.10. The summed E-state index contributed by atoms with van der Waals surface area (Å²) in [5, 5.41) is 11.4. The number of aromatic nitrogens is 3. The minimum atomic E-state index is -0.470. The lowest BCUT2D eigenvalue weighted by Crippen LogP contribution is -2.23. The number of anilines is 1. The maximum absolute atomic E-state index is 13.8. The van der Waals surface area contributed by atoms with Gasteiger partial charge in [0.1, 0.15) is 11.6 Å². The summed E-state index contributed by atoms with van der Waals surface area (Å²) < 4.78 is 16.5. The Morgan fingerprint density at radius 1 is 1.50 bits per heavy atom. The molecule has 0 aliphatic heterocycles. The number of nitrogens with zero attached hydrogens (tertiary/aromatic N) is 3. The van der Waals surface area contributed by atoms with Gasteiger partial charge >= 0.3 is 0 Å². The number of rotatable bonds is 6. The second-order valence-corrected chi connectivity index (χ2v) is 7.96. The van der Waals surface area contributed by atoms with Gasteiger partial charge in [0, 0.05) is 16.9 Å². The predicted molar refractivity (Wildman–Crippen MR) is 95.7 cm³/mol. The highest BCUT2D eigenvalue weighted by Gasteiger charge is 2.30. The average Bonchev–Trinajstić information content (AvgIpc) is 3.31. The third-order valence-corrected chi connectivity index (χ3v) is 5.42. The number of carbonyl (C=O) groups excluding carboxylic acids is 1. The van der Waals surface area contributed by atoms with Crippen LogP contribution in [-0.4, -0.2) is 25.9 Å². The van der Waals surface area contributed by atoms with Gasteiger partial charge in [0.05, 0.1) is 10.9 Å². The smallest absolute Gasteiger partial charge is 0.237 e. The number of benzene rings is 1. The monoisotopic (exact) mass is 412 g/mol. The molecule has 3 rings (SSSR count). The highest BCUT2D eigenvalue weighted by atomic mass is 79.9. The molecular weight excluding hydrogens is 395 g/mol. The summed E-state index contributed by atoms with van der Waals surface area (Å²) in [6, 6.07) is 4.55. The van der Waals surface area contributed by atoms with Crippen LogP contribution >= 0.6 is 27.7 Å². The number of hydrogen-bond acceptors (Lipinski definition) is 4. The van der Waals surface area contributed by atoms with Crippen LogP contribution in [0, 0.1) is 5.82 Å². The fraction of sp³-hybridized carbons (Fsp3) is 0.438. The first-order valence-corrected chi connectivity index (χ1v) is 9.52. The molecule has 2 aromatic rings. The lowest BCUT2D eigenvalue weighted by Gasteiger charge is -2.13. The van der Waals surface area contributed by atoms with Crippen LogP contribution in [0.4, 0.5) is 10.1 Å². The molecule has 0 bridgehead atoms. The summed E-state index contributed by atoms with van der Waals surface area (Å²) in [4.78, 5) is 12.3. The van der Waals surface area contributed by atoms with Crippen LogP contribution in [0.15, 0.2) is 27.8 Å². The number of halogens is 2. The zero-order chi connectivity index (χ0) is 17.3. The maximum Gasteiger partial charge on any atom is 0.237 e. The van der Waals surface area contributed by atoms with E-state index >= 15 is 0 Å². The summed E-state index contributed by atoms with van der Waals surface area (Å²) in [5.74, 6) is 0.780. The lowest BCUT2D eigenvalue weighted by molar-refractivity contribution is -0.115. The van der Waals surface area contributed by atoms with Crippen molar-refractivity contribution in [2.45, 2.75) is 49.6 Å². The molecule has 128 valence electrons. The van der Waals surface area contributed by atoms with E-state index in [9.17, 15) is 9.18 Å². The van der Waals surface area contributed by atoms with Gasteiger partial charge in [-0.1, -0.05) is 27.7 Å². The molecule has 1 aromatic heterocycles. The van der Waals surface area contributed by atoms with Crippen molar-refractivity contribution in [1.29, 1.82) is 0 Å². The Kier molecular flexibility index (Phi) is 5.24. The molecule has 1 aliphatic carbocycles. The van der Waals surface area contributed by atoms with E-state index in [1.807, 2.05) is 6.92 Å². The molecule has 0 spiro atoms. The van der Waals surface area contributed by atoms with Gasteiger partial charge in [0.15, 0.2) is 5.16 Å². The molecule has 0 radical (unpaired) electrons. The Bertz CT molecular complexity index is 763. The summed E-state index contributed by atoms with van der Waals surface area (Å²) in [6.07, 6.45) is 2.31. The standard InChI is InChI=1S/C16H18BrFN4OS/c1-3-22-14(10-4-5-10)20-21-16(22)24-9(2)15(23)19-13-7-6-11(17)8-12(13)18/h6-10H,3-5H2,1-2H3,(H,19,23)/t9-/m0/s1. The van der Waals surface area contributed by atoms with Crippen LogP contribution in [0.3, 0.4) is 0 Å². The number of carbonyl (C=O) groups is 1. The third-order valence-electron chi connectivity index (χ3n) is 3.84. The molecule has 24 heavy (non-hydrogen) atoms. The lowest BCUT2D eigenvalue weighted by atomic mass is 10.3. The molecule has 0 unspecified atom stereocenters. The molecule has 5 nitrogen and oxygen atoms in total. The van der Waals surface area contributed by atoms with E-state index in [0.29, 0.717) is 10.4 Å². The summed E-state index contributed by atoms with van der Waals surface area (Å²) in [6.45, 7) is 4.60. The van der Waals surface area contributed by atoms with Gasteiger partial charge in [0.2, 0.25) is 5.91 Å². The molecular formula is C16H18BrFN4OS. The van der Waals surface area contributed by atoms with E-state index in [0.717, 1.165) is 30.4 Å². The van der Waals surface area contributed by atoms with Crippen molar-refractivity contribution in [3.05, 3.63) is 34.3 Å². The summed E-state index contributed by atoms with van der Waals surface area (Å²) in [7, 11) is 0. The van der Waals surface area contributed by atoms with Gasteiger partial charge in [-0.15, -0.1) is 10.2 Å². The number of amides is 1. The van der Waals surface area contributed by atoms with Crippen LogP contribution in [0.25, 0.3) is 0 Å². The van der Waals surface area contributed by atoms with Crippen molar-refractivity contribution < 1.29 is 9.18 Å². The van der Waals surface area contributed by atoms with E-state index in [1.165, 1.54) is 23.9 Å². The van der Waals surface area contributed by atoms with Crippen molar-refractivity contribution in [3.63, 3.8) is 0 Å². The zero-order valence-corrected chi connectivity index (χ0v) is 15.8. The fourth-order valence-corrected chi connectivity index (χ4v) is 3.62. The molecule has 1 aromatic carbocycles. The second kappa shape index (κ2) is 7.23. The molecule has 1 amide bonds. The number of thioether (sulfide) groups is 1. The van der Waals surface area contributed by atoms with Gasteiger partial charge in [-0.3, -0.25) is 4.79 Å². The Balaban J connectivity index is 1.68. The van der Waals surface area contributed by atoms with Crippen LogP contribution in [0.5, 0.6) is 0 Å². The molecule has 0 saturated heterocycles. The normalized spacial score (nSPS) is 15.3. The molecule has 1 atom stereocenters. The molecule has 1 fully saturated rings. The van der Waals surface area contributed by atoms with Crippen LogP contribution in [0.1, 0.15) is 38.4 Å². The third kappa shape index (κ3) is 3.80. The predicted octanol–water partition coefficient (Wildman–Crippen LogP) is 4.20. The first-order valence-electron chi connectivity index (χ1n) is 7.85. The van der Waals surface area contributed by atoms with E-state index in [-0.39, 0.29) is 11.6 Å². The van der Waals surface area contributed by atoms with Gasteiger partial charge in [-0.2, -0.15) is 0 Å². The van der Waals surface area contributed by atoms with E-state index in [2.05, 4.69) is 36.0 Å². The van der Waals surface area contributed by atoms with Crippen molar-refractivity contribution >= 4 is 39.3 Å². The molecule has 1 N–H and O–H groups in total. The van der Waals surface area contributed by atoms with Crippen LogP contribution in [0.2, 0.25) is 0 Å². The van der Waals surface area contributed by atoms with Crippen molar-refractivity contribution in [1.82, 2.24) is 14.8 Å². The SMILES string of the molecule is CCn1c(S[C@@H](C)C(=O)Nc2ccc(Br)cc2F)nnc1C1CC1. The van der Waals surface area contributed by atoms with Gasteiger partial charge < -0.3 is 9.88 Å². The van der Waals surface area contributed by atoms with Crippen LogP contribution < -0.4 is 5.32 Å². The Labute approximate surface area is 152 Å². The molecule has 1 saturated carbocycles. The summed E-state index contributed by atoms with van der Waals surface area (Å²) in [5.41, 5.74) is 0.172. The second-order valence-electron chi connectivity index (χ2n) is 5.73.